The topological polar surface area (TPSA) is 115 Å². The first-order valence-electron chi connectivity index (χ1n) is 4.28. The standard InChI is InChI=1S/C8H11N3O4/c1-4(3-12)9-7(14)5-2-6(13)11-8(15)10-5/h2,4,12H,3H2,1H3,(H,9,14)(H2,10,11,13,15). The van der Waals surface area contributed by atoms with Gasteiger partial charge in [-0.15, -0.1) is 0 Å². The smallest absolute Gasteiger partial charge is 0.326 e. The van der Waals surface area contributed by atoms with E-state index in [0.29, 0.717) is 0 Å². The van der Waals surface area contributed by atoms with Gasteiger partial charge in [-0.3, -0.25) is 14.6 Å². The molecule has 0 bridgehead atoms. The number of carbonyl (C=O) groups excluding carboxylic acids is 1. The molecular weight excluding hydrogens is 202 g/mol. The van der Waals surface area contributed by atoms with Crippen LogP contribution in [-0.4, -0.2) is 33.6 Å². The molecule has 0 aliphatic rings. The summed E-state index contributed by atoms with van der Waals surface area (Å²) in [4.78, 5) is 37.2. The molecule has 1 rings (SSSR count). The zero-order valence-electron chi connectivity index (χ0n) is 8.03. The molecule has 1 aromatic heterocycles. The van der Waals surface area contributed by atoms with E-state index in [1.807, 2.05) is 4.98 Å². The number of aliphatic hydroxyl groups is 1. The van der Waals surface area contributed by atoms with Crippen LogP contribution < -0.4 is 16.6 Å². The third-order valence-corrected chi connectivity index (χ3v) is 1.66. The van der Waals surface area contributed by atoms with Crippen molar-refractivity contribution in [3.05, 3.63) is 32.6 Å². The highest BCUT2D eigenvalue weighted by Gasteiger charge is 2.10. The van der Waals surface area contributed by atoms with E-state index in [9.17, 15) is 14.4 Å². The van der Waals surface area contributed by atoms with Crippen LogP contribution >= 0.6 is 0 Å². The number of hydrogen-bond donors (Lipinski definition) is 4. The van der Waals surface area contributed by atoms with E-state index in [2.05, 4.69) is 10.3 Å². The molecule has 7 nitrogen and oxygen atoms in total. The Labute approximate surface area is 84.2 Å². The van der Waals surface area contributed by atoms with E-state index in [-0.39, 0.29) is 12.3 Å². The third-order valence-electron chi connectivity index (χ3n) is 1.66. The van der Waals surface area contributed by atoms with Gasteiger partial charge < -0.3 is 15.4 Å². The largest absolute Gasteiger partial charge is 0.394 e. The number of nitrogens with one attached hydrogen (secondary N) is 3. The summed E-state index contributed by atoms with van der Waals surface area (Å²) in [6.45, 7) is 1.36. The van der Waals surface area contributed by atoms with E-state index in [1.54, 1.807) is 6.92 Å². The predicted molar refractivity (Wildman–Crippen MR) is 51.7 cm³/mol. The molecule has 1 aromatic rings. The van der Waals surface area contributed by atoms with Gasteiger partial charge >= 0.3 is 5.69 Å². The molecule has 0 aliphatic heterocycles. The third kappa shape index (κ3) is 3.06. The summed E-state index contributed by atoms with van der Waals surface area (Å²) in [6, 6.07) is 0.529. The molecule has 4 N–H and O–H groups in total. The van der Waals surface area contributed by atoms with Crippen LogP contribution in [0.2, 0.25) is 0 Å². The normalized spacial score (nSPS) is 12.1. The SMILES string of the molecule is CC(CO)NC(=O)c1cc(=O)[nH]c(=O)[nH]1. The van der Waals surface area contributed by atoms with Crippen molar-refractivity contribution in [2.45, 2.75) is 13.0 Å². The number of aromatic nitrogens is 2. The highest BCUT2D eigenvalue weighted by molar-refractivity contribution is 5.92. The predicted octanol–water partition coefficient (Wildman–Crippen LogP) is -1.83. The van der Waals surface area contributed by atoms with E-state index in [1.165, 1.54) is 0 Å². The van der Waals surface area contributed by atoms with Gasteiger partial charge in [-0.2, -0.15) is 0 Å². The maximum atomic E-state index is 11.4. The fraction of sp³-hybridized carbons (Fsp3) is 0.375. The van der Waals surface area contributed by atoms with Gasteiger partial charge in [-0.05, 0) is 6.92 Å². The number of amides is 1. The van der Waals surface area contributed by atoms with Gasteiger partial charge in [0.2, 0.25) is 0 Å². The van der Waals surface area contributed by atoms with Crippen LogP contribution in [0.25, 0.3) is 0 Å². The van der Waals surface area contributed by atoms with Crippen molar-refractivity contribution in [2.75, 3.05) is 6.61 Å². The van der Waals surface area contributed by atoms with Gasteiger partial charge in [0.15, 0.2) is 0 Å². The van der Waals surface area contributed by atoms with E-state index in [4.69, 9.17) is 5.11 Å². The molecule has 1 amide bonds. The summed E-state index contributed by atoms with van der Waals surface area (Å²) in [5.41, 5.74) is -1.53. The molecule has 1 unspecified atom stereocenters. The van der Waals surface area contributed by atoms with Crippen molar-refractivity contribution < 1.29 is 9.90 Å². The Morgan fingerprint density at radius 3 is 2.73 bits per heavy atom. The van der Waals surface area contributed by atoms with E-state index >= 15 is 0 Å². The first-order valence-corrected chi connectivity index (χ1v) is 4.28. The summed E-state index contributed by atoms with van der Waals surface area (Å²) >= 11 is 0. The van der Waals surface area contributed by atoms with E-state index in [0.717, 1.165) is 6.07 Å². The van der Waals surface area contributed by atoms with Crippen LogP contribution in [0.1, 0.15) is 17.4 Å². The average molecular weight is 213 g/mol. The molecule has 0 spiro atoms. The number of carbonyl (C=O) groups is 1. The van der Waals surface area contributed by atoms with Gasteiger partial charge in [0.1, 0.15) is 5.69 Å². The van der Waals surface area contributed by atoms with Crippen LogP contribution in [-0.2, 0) is 0 Å². The molecular formula is C8H11N3O4. The Bertz CT molecular complexity index is 433. The number of aromatic amines is 2. The number of hydrogen-bond acceptors (Lipinski definition) is 4. The van der Waals surface area contributed by atoms with Crippen LogP contribution in [0.5, 0.6) is 0 Å². The molecule has 0 saturated carbocycles. The van der Waals surface area contributed by atoms with Gasteiger partial charge in [0.25, 0.3) is 11.5 Å². The second-order valence-electron chi connectivity index (χ2n) is 3.06. The van der Waals surface area contributed by atoms with Gasteiger partial charge in [-0.1, -0.05) is 0 Å². The van der Waals surface area contributed by atoms with Crippen LogP contribution in [0.15, 0.2) is 15.7 Å². The highest BCUT2D eigenvalue weighted by atomic mass is 16.3. The second-order valence-corrected chi connectivity index (χ2v) is 3.06. The summed E-state index contributed by atoms with van der Waals surface area (Å²) in [6.07, 6.45) is 0. The van der Waals surface area contributed by atoms with Crippen molar-refractivity contribution in [3.8, 4) is 0 Å². The van der Waals surface area contributed by atoms with Crippen molar-refractivity contribution in [1.82, 2.24) is 15.3 Å². The molecule has 15 heavy (non-hydrogen) atoms. The molecule has 0 saturated heterocycles. The Morgan fingerprint density at radius 2 is 2.20 bits per heavy atom. The number of aliphatic hydroxyl groups excluding tert-OH is 1. The molecule has 82 valence electrons. The monoisotopic (exact) mass is 213 g/mol. The molecule has 0 aliphatic carbocycles. The average Bonchev–Trinajstić information content (AvgIpc) is 2.16. The van der Waals surface area contributed by atoms with Crippen LogP contribution in [0.4, 0.5) is 0 Å². The quantitative estimate of drug-likeness (QED) is 0.473. The summed E-state index contributed by atoms with van der Waals surface area (Å²) in [7, 11) is 0. The molecule has 7 heteroatoms. The molecule has 1 heterocycles. The fourth-order valence-corrected chi connectivity index (χ4v) is 0.938. The minimum atomic E-state index is -0.746. The zero-order chi connectivity index (χ0) is 11.4. The molecule has 0 radical (unpaired) electrons. The fourth-order valence-electron chi connectivity index (χ4n) is 0.938. The Morgan fingerprint density at radius 1 is 1.53 bits per heavy atom. The Hall–Kier alpha value is -1.89. The van der Waals surface area contributed by atoms with Crippen molar-refractivity contribution >= 4 is 5.91 Å². The maximum absolute atomic E-state index is 11.4. The van der Waals surface area contributed by atoms with Crippen LogP contribution in [0.3, 0.4) is 0 Å². The van der Waals surface area contributed by atoms with E-state index < -0.39 is 23.2 Å². The zero-order valence-corrected chi connectivity index (χ0v) is 8.03. The van der Waals surface area contributed by atoms with Gasteiger partial charge in [0.05, 0.1) is 6.61 Å². The van der Waals surface area contributed by atoms with Crippen molar-refractivity contribution in [3.63, 3.8) is 0 Å². The van der Waals surface area contributed by atoms with Gasteiger partial charge in [0, 0.05) is 12.1 Å². The number of rotatable bonds is 3. The molecule has 0 aromatic carbocycles. The second kappa shape index (κ2) is 4.56. The minimum Gasteiger partial charge on any atom is -0.394 e. The first-order chi connectivity index (χ1) is 7.02. The van der Waals surface area contributed by atoms with Gasteiger partial charge in [-0.25, -0.2) is 4.79 Å². The van der Waals surface area contributed by atoms with Crippen LogP contribution in [0, 0.1) is 0 Å². The number of H-pyrrole nitrogens is 2. The molecule has 1 atom stereocenters. The van der Waals surface area contributed by atoms with Crippen molar-refractivity contribution in [1.29, 1.82) is 0 Å². The molecule has 0 fully saturated rings. The summed E-state index contributed by atoms with van der Waals surface area (Å²) < 4.78 is 0. The lowest BCUT2D eigenvalue weighted by Crippen LogP contribution is -2.37. The Kier molecular flexibility index (Phi) is 3.40. The maximum Gasteiger partial charge on any atom is 0.326 e. The summed E-state index contributed by atoms with van der Waals surface area (Å²) in [5.74, 6) is -0.611. The first kappa shape index (κ1) is 11.2. The summed E-state index contributed by atoms with van der Waals surface area (Å²) in [5, 5.41) is 11.1. The lowest BCUT2D eigenvalue weighted by Gasteiger charge is -2.09. The lowest BCUT2D eigenvalue weighted by atomic mass is 10.3. The minimum absolute atomic E-state index is 0.135. The van der Waals surface area contributed by atoms with Crippen molar-refractivity contribution in [2.24, 2.45) is 0 Å². The highest BCUT2D eigenvalue weighted by Crippen LogP contribution is 1.87. The Balaban J connectivity index is 2.92. The lowest BCUT2D eigenvalue weighted by molar-refractivity contribution is 0.0916.